The molecule has 0 unspecified atom stereocenters. The van der Waals surface area contributed by atoms with Gasteiger partial charge in [-0.1, -0.05) is 30.4 Å². The van der Waals surface area contributed by atoms with Crippen molar-refractivity contribution in [1.29, 1.82) is 0 Å². The molecule has 0 saturated carbocycles. The predicted octanol–water partition coefficient (Wildman–Crippen LogP) is 2.02. The van der Waals surface area contributed by atoms with Gasteiger partial charge < -0.3 is 5.73 Å². The fourth-order valence-electron chi connectivity index (χ4n) is 1.20. The van der Waals surface area contributed by atoms with Gasteiger partial charge in [-0.05, 0) is 31.4 Å². The van der Waals surface area contributed by atoms with Gasteiger partial charge in [-0.3, -0.25) is 0 Å². The monoisotopic (exact) mass is 149 g/mol. The van der Waals surface area contributed by atoms with E-state index in [1.165, 1.54) is 5.57 Å². The minimum absolute atomic E-state index is 0.520. The van der Waals surface area contributed by atoms with Crippen LogP contribution >= 0.6 is 0 Å². The fourth-order valence-corrected chi connectivity index (χ4v) is 1.20. The van der Waals surface area contributed by atoms with Crippen LogP contribution in [0.15, 0.2) is 36.0 Å². The van der Waals surface area contributed by atoms with Crippen LogP contribution in [0.2, 0.25) is 0 Å². The second-order valence-electron chi connectivity index (χ2n) is 3.04. The van der Waals surface area contributed by atoms with Crippen LogP contribution in [0.3, 0.4) is 0 Å². The van der Waals surface area contributed by atoms with E-state index in [4.69, 9.17) is 5.73 Å². The number of allylic oxidation sites excluding steroid dienone is 4. The van der Waals surface area contributed by atoms with Crippen molar-refractivity contribution >= 4 is 0 Å². The lowest BCUT2D eigenvalue weighted by atomic mass is 9.93. The fraction of sp³-hybridized carbons (Fsp3) is 0.400. The zero-order chi connectivity index (χ0) is 8.27. The van der Waals surface area contributed by atoms with Crippen molar-refractivity contribution in [1.82, 2.24) is 0 Å². The molecule has 0 aliphatic heterocycles. The predicted molar refractivity (Wildman–Crippen MR) is 49.2 cm³/mol. The van der Waals surface area contributed by atoms with Gasteiger partial charge in [0.1, 0.15) is 0 Å². The standard InChI is InChI=1S/C10H15N/c1-8(2)10-5-3-4-9(6-10)7-11/h3,5-6,9H,1,4,7,11H2,2H3/t9-/m0/s1. The summed E-state index contributed by atoms with van der Waals surface area (Å²) in [5, 5.41) is 0. The molecule has 1 aliphatic carbocycles. The molecule has 1 heteroatoms. The van der Waals surface area contributed by atoms with Crippen molar-refractivity contribution in [3.8, 4) is 0 Å². The Kier molecular flexibility index (Phi) is 2.66. The Bertz CT molecular complexity index is 211. The Hall–Kier alpha value is -0.820. The molecule has 1 aliphatic rings. The molecule has 0 aromatic carbocycles. The summed E-state index contributed by atoms with van der Waals surface area (Å²) in [5.41, 5.74) is 7.92. The van der Waals surface area contributed by atoms with E-state index in [2.05, 4.69) is 24.8 Å². The highest BCUT2D eigenvalue weighted by atomic mass is 14.5. The van der Waals surface area contributed by atoms with E-state index in [0.29, 0.717) is 5.92 Å². The third-order valence-electron chi connectivity index (χ3n) is 1.95. The first-order valence-electron chi connectivity index (χ1n) is 3.98. The molecule has 2 N–H and O–H groups in total. The van der Waals surface area contributed by atoms with Gasteiger partial charge in [0, 0.05) is 0 Å². The van der Waals surface area contributed by atoms with Gasteiger partial charge in [0.15, 0.2) is 0 Å². The summed E-state index contributed by atoms with van der Waals surface area (Å²) >= 11 is 0. The van der Waals surface area contributed by atoms with E-state index in [0.717, 1.165) is 18.5 Å². The largest absolute Gasteiger partial charge is 0.330 e. The number of rotatable bonds is 2. The lowest BCUT2D eigenvalue weighted by Crippen LogP contribution is -2.13. The molecular formula is C10H15N. The molecule has 0 radical (unpaired) electrons. The van der Waals surface area contributed by atoms with E-state index >= 15 is 0 Å². The molecule has 0 amide bonds. The average Bonchev–Trinajstić information content (AvgIpc) is 2.05. The SMILES string of the molecule is C=C(C)C1=C[C@@H](CN)CC=C1. The first-order valence-corrected chi connectivity index (χ1v) is 3.98. The first kappa shape index (κ1) is 8.28. The van der Waals surface area contributed by atoms with Crippen molar-refractivity contribution in [3.63, 3.8) is 0 Å². The van der Waals surface area contributed by atoms with Gasteiger partial charge in [-0.15, -0.1) is 0 Å². The van der Waals surface area contributed by atoms with E-state index in [9.17, 15) is 0 Å². The zero-order valence-corrected chi connectivity index (χ0v) is 7.01. The maximum Gasteiger partial charge on any atom is -0.00109 e. The van der Waals surface area contributed by atoms with Crippen LogP contribution < -0.4 is 5.73 Å². The van der Waals surface area contributed by atoms with E-state index in [-0.39, 0.29) is 0 Å². The maximum atomic E-state index is 5.56. The minimum Gasteiger partial charge on any atom is -0.330 e. The molecule has 0 bridgehead atoms. The molecule has 1 atom stereocenters. The molecule has 0 spiro atoms. The summed E-state index contributed by atoms with van der Waals surface area (Å²) < 4.78 is 0. The number of hydrogen-bond acceptors (Lipinski definition) is 1. The number of nitrogens with two attached hydrogens (primary N) is 1. The van der Waals surface area contributed by atoms with Gasteiger partial charge in [-0.2, -0.15) is 0 Å². The molecule has 11 heavy (non-hydrogen) atoms. The maximum absolute atomic E-state index is 5.56. The summed E-state index contributed by atoms with van der Waals surface area (Å²) in [6.07, 6.45) is 7.58. The van der Waals surface area contributed by atoms with Crippen molar-refractivity contribution in [2.24, 2.45) is 11.7 Å². The van der Waals surface area contributed by atoms with E-state index in [1.54, 1.807) is 0 Å². The number of hydrogen-bond donors (Lipinski definition) is 1. The van der Waals surface area contributed by atoms with Gasteiger partial charge in [-0.25, -0.2) is 0 Å². The van der Waals surface area contributed by atoms with Crippen LogP contribution in [0.4, 0.5) is 0 Å². The lowest BCUT2D eigenvalue weighted by Gasteiger charge is -2.14. The summed E-state index contributed by atoms with van der Waals surface area (Å²) in [6, 6.07) is 0. The summed E-state index contributed by atoms with van der Waals surface area (Å²) in [5.74, 6) is 0.520. The second kappa shape index (κ2) is 3.54. The zero-order valence-electron chi connectivity index (χ0n) is 7.01. The van der Waals surface area contributed by atoms with Crippen LogP contribution in [0, 0.1) is 5.92 Å². The highest BCUT2D eigenvalue weighted by Gasteiger charge is 2.06. The smallest absolute Gasteiger partial charge is 0.00109 e. The van der Waals surface area contributed by atoms with Crippen LogP contribution in [0.1, 0.15) is 13.3 Å². The second-order valence-corrected chi connectivity index (χ2v) is 3.04. The third-order valence-corrected chi connectivity index (χ3v) is 1.95. The van der Waals surface area contributed by atoms with Crippen LogP contribution in [0.25, 0.3) is 0 Å². The minimum atomic E-state index is 0.520. The van der Waals surface area contributed by atoms with E-state index in [1.807, 2.05) is 6.92 Å². The molecule has 0 heterocycles. The molecule has 0 aromatic heterocycles. The van der Waals surface area contributed by atoms with Crippen molar-refractivity contribution < 1.29 is 0 Å². The van der Waals surface area contributed by atoms with E-state index < -0.39 is 0 Å². The molecule has 1 rings (SSSR count). The Morgan fingerprint density at radius 2 is 2.55 bits per heavy atom. The van der Waals surface area contributed by atoms with Crippen LogP contribution in [-0.4, -0.2) is 6.54 Å². The molecule has 60 valence electrons. The van der Waals surface area contributed by atoms with Gasteiger partial charge in [0.25, 0.3) is 0 Å². The Morgan fingerprint density at radius 3 is 3.09 bits per heavy atom. The van der Waals surface area contributed by atoms with Crippen molar-refractivity contribution in [2.45, 2.75) is 13.3 Å². The highest BCUT2D eigenvalue weighted by Crippen LogP contribution is 2.19. The van der Waals surface area contributed by atoms with Crippen molar-refractivity contribution in [3.05, 3.63) is 36.0 Å². The summed E-state index contributed by atoms with van der Waals surface area (Å²) in [4.78, 5) is 0. The van der Waals surface area contributed by atoms with Gasteiger partial charge in [0.05, 0.1) is 0 Å². The third kappa shape index (κ3) is 2.05. The highest BCUT2D eigenvalue weighted by molar-refractivity contribution is 5.39. The van der Waals surface area contributed by atoms with Gasteiger partial charge in [0.2, 0.25) is 0 Å². The molecule has 0 fully saturated rings. The average molecular weight is 149 g/mol. The quantitative estimate of drug-likeness (QED) is 0.638. The molecular weight excluding hydrogens is 134 g/mol. The summed E-state index contributed by atoms with van der Waals surface area (Å²) in [6.45, 7) is 6.65. The summed E-state index contributed by atoms with van der Waals surface area (Å²) in [7, 11) is 0. The Morgan fingerprint density at radius 1 is 1.82 bits per heavy atom. The molecule has 0 saturated heterocycles. The topological polar surface area (TPSA) is 26.0 Å². The van der Waals surface area contributed by atoms with Crippen LogP contribution in [0.5, 0.6) is 0 Å². The Balaban J connectivity index is 2.71. The molecule has 1 nitrogen and oxygen atoms in total. The lowest BCUT2D eigenvalue weighted by molar-refractivity contribution is 0.664. The van der Waals surface area contributed by atoms with Gasteiger partial charge >= 0.3 is 0 Å². The molecule has 0 aromatic rings. The van der Waals surface area contributed by atoms with Crippen molar-refractivity contribution in [2.75, 3.05) is 6.54 Å². The normalized spacial score (nSPS) is 23.1. The first-order chi connectivity index (χ1) is 5.24. The Labute approximate surface area is 68.3 Å². The van der Waals surface area contributed by atoms with Crippen LogP contribution in [-0.2, 0) is 0 Å².